The highest BCUT2D eigenvalue weighted by atomic mass is 16.5. The third kappa shape index (κ3) is 7.91. The molecule has 1 aliphatic rings. The van der Waals surface area contributed by atoms with E-state index in [1.54, 1.807) is 17.0 Å². The maximum atomic E-state index is 12.6. The lowest BCUT2D eigenvalue weighted by Gasteiger charge is -2.33. The van der Waals surface area contributed by atoms with Crippen LogP contribution in [0, 0.1) is 0 Å². The van der Waals surface area contributed by atoms with E-state index < -0.39 is 12.0 Å². The van der Waals surface area contributed by atoms with Crippen molar-refractivity contribution in [3.05, 3.63) is 60.2 Å². The molecule has 1 unspecified atom stereocenters. The largest absolute Gasteiger partial charge is 0.493 e. The smallest absolute Gasteiger partial charge is 0.307 e. The zero-order valence-corrected chi connectivity index (χ0v) is 18.9. The second-order valence-electron chi connectivity index (χ2n) is 7.86. The predicted octanol–water partition coefficient (Wildman–Crippen LogP) is 2.39. The zero-order valence-electron chi connectivity index (χ0n) is 18.9. The molecule has 2 amide bonds. The normalized spacial score (nSPS) is 16.0. The number of ether oxygens (including phenoxy) is 2. The third-order valence-electron chi connectivity index (χ3n) is 5.26. The number of anilines is 1. The van der Waals surface area contributed by atoms with Crippen LogP contribution in [0.5, 0.6) is 5.75 Å². The lowest BCUT2D eigenvalue weighted by atomic mass is 10.1. The Kier molecular flexibility index (Phi) is 9.26. The van der Waals surface area contributed by atoms with Gasteiger partial charge in [-0.05, 0) is 36.2 Å². The van der Waals surface area contributed by atoms with Gasteiger partial charge in [0.25, 0.3) is 0 Å². The van der Waals surface area contributed by atoms with Crippen molar-refractivity contribution in [1.29, 1.82) is 0 Å². The lowest BCUT2D eigenvalue weighted by molar-refractivity contribution is -0.148. The Morgan fingerprint density at radius 1 is 1.09 bits per heavy atom. The van der Waals surface area contributed by atoms with Crippen LogP contribution in [0.1, 0.15) is 25.3 Å². The van der Waals surface area contributed by atoms with E-state index in [1.165, 1.54) is 5.56 Å². The molecule has 1 aliphatic heterocycles. The summed E-state index contributed by atoms with van der Waals surface area (Å²) in [6.45, 7) is 3.71. The Bertz CT molecular complexity index is 917. The number of hydrogen-bond donors (Lipinski definition) is 2. The van der Waals surface area contributed by atoms with Gasteiger partial charge in [-0.2, -0.15) is 0 Å². The van der Waals surface area contributed by atoms with E-state index in [9.17, 15) is 14.4 Å². The zero-order chi connectivity index (χ0) is 23.5. The number of carbonyl (C=O) groups is 3. The van der Waals surface area contributed by atoms with Crippen LogP contribution < -0.4 is 15.4 Å². The fourth-order valence-electron chi connectivity index (χ4n) is 3.56. The van der Waals surface area contributed by atoms with Gasteiger partial charge in [-0.15, -0.1) is 0 Å². The minimum atomic E-state index is -0.714. The Morgan fingerprint density at radius 3 is 2.58 bits per heavy atom. The van der Waals surface area contributed by atoms with Gasteiger partial charge in [0.05, 0.1) is 26.2 Å². The number of piperazine rings is 1. The van der Waals surface area contributed by atoms with Crippen molar-refractivity contribution in [1.82, 2.24) is 10.2 Å². The first-order chi connectivity index (χ1) is 16.0. The molecule has 2 aromatic rings. The minimum absolute atomic E-state index is 0.00840. The summed E-state index contributed by atoms with van der Waals surface area (Å²) < 4.78 is 10.9. The summed E-state index contributed by atoms with van der Waals surface area (Å²) in [6.07, 6.45) is 1.45. The second-order valence-corrected chi connectivity index (χ2v) is 7.86. The summed E-state index contributed by atoms with van der Waals surface area (Å²) in [4.78, 5) is 38.5. The number of rotatable bonds is 11. The molecule has 3 rings (SSSR count). The Hall–Kier alpha value is -3.39. The van der Waals surface area contributed by atoms with Crippen molar-refractivity contribution in [2.45, 2.75) is 32.2 Å². The van der Waals surface area contributed by atoms with Crippen LogP contribution in [0.2, 0.25) is 0 Å². The van der Waals surface area contributed by atoms with Crippen LogP contribution in [0.4, 0.5) is 5.69 Å². The summed E-state index contributed by atoms with van der Waals surface area (Å²) in [6, 6.07) is 16.6. The summed E-state index contributed by atoms with van der Waals surface area (Å²) in [5.74, 6) is -0.233. The first kappa shape index (κ1) is 24.3. The van der Waals surface area contributed by atoms with E-state index in [4.69, 9.17) is 9.47 Å². The van der Waals surface area contributed by atoms with E-state index in [0.29, 0.717) is 38.4 Å². The summed E-state index contributed by atoms with van der Waals surface area (Å²) in [7, 11) is 0. The van der Waals surface area contributed by atoms with Gasteiger partial charge in [0.2, 0.25) is 11.8 Å². The van der Waals surface area contributed by atoms with Crippen molar-refractivity contribution < 1.29 is 23.9 Å². The standard InChI is InChI=1S/C25H31N3O5/c1-2-15-33-24(30)17-22-25(31)26-13-14-28(22)18-23(29)27-20-8-10-21(11-9-20)32-16-12-19-6-4-3-5-7-19/h3-11,22H,2,12-18H2,1H3,(H,26,31)(H,27,29). The molecule has 0 radical (unpaired) electrons. The van der Waals surface area contributed by atoms with Crippen LogP contribution in [0.15, 0.2) is 54.6 Å². The number of amides is 2. The molecule has 2 aromatic carbocycles. The van der Waals surface area contributed by atoms with Gasteiger partial charge >= 0.3 is 5.97 Å². The Labute approximate surface area is 194 Å². The number of nitrogens with zero attached hydrogens (tertiary/aromatic N) is 1. The van der Waals surface area contributed by atoms with Crippen molar-refractivity contribution in [3.63, 3.8) is 0 Å². The fourth-order valence-corrected chi connectivity index (χ4v) is 3.56. The van der Waals surface area contributed by atoms with E-state index in [0.717, 1.165) is 12.2 Å². The molecule has 0 spiro atoms. The summed E-state index contributed by atoms with van der Waals surface area (Å²) >= 11 is 0. The second kappa shape index (κ2) is 12.6. The molecule has 0 aromatic heterocycles. The van der Waals surface area contributed by atoms with E-state index >= 15 is 0 Å². The predicted molar refractivity (Wildman–Crippen MR) is 125 cm³/mol. The maximum Gasteiger partial charge on any atom is 0.307 e. The van der Waals surface area contributed by atoms with Crippen LogP contribution in [-0.2, 0) is 25.5 Å². The third-order valence-corrected chi connectivity index (χ3v) is 5.26. The molecule has 2 N–H and O–H groups in total. The van der Waals surface area contributed by atoms with Crippen LogP contribution >= 0.6 is 0 Å². The first-order valence-corrected chi connectivity index (χ1v) is 11.3. The van der Waals surface area contributed by atoms with Gasteiger partial charge in [0.15, 0.2) is 0 Å². The topological polar surface area (TPSA) is 97.0 Å². The van der Waals surface area contributed by atoms with Crippen LogP contribution in [0.25, 0.3) is 0 Å². The van der Waals surface area contributed by atoms with Gasteiger partial charge in [-0.1, -0.05) is 37.3 Å². The average molecular weight is 454 g/mol. The number of carbonyl (C=O) groups excluding carboxylic acids is 3. The monoisotopic (exact) mass is 453 g/mol. The van der Waals surface area contributed by atoms with E-state index in [1.807, 2.05) is 37.3 Å². The Balaban J connectivity index is 1.47. The molecular formula is C25H31N3O5. The van der Waals surface area contributed by atoms with E-state index in [-0.39, 0.29) is 24.8 Å². The molecule has 176 valence electrons. The van der Waals surface area contributed by atoms with Crippen molar-refractivity contribution in [2.75, 3.05) is 38.2 Å². The first-order valence-electron chi connectivity index (χ1n) is 11.3. The van der Waals surface area contributed by atoms with Gasteiger partial charge in [0, 0.05) is 25.2 Å². The quantitative estimate of drug-likeness (QED) is 0.507. The van der Waals surface area contributed by atoms with Crippen molar-refractivity contribution in [3.8, 4) is 5.75 Å². The highest BCUT2D eigenvalue weighted by Gasteiger charge is 2.33. The molecule has 1 saturated heterocycles. The highest BCUT2D eigenvalue weighted by molar-refractivity contribution is 5.93. The maximum absolute atomic E-state index is 12.6. The molecule has 8 nitrogen and oxygen atoms in total. The van der Waals surface area contributed by atoms with Crippen LogP contribution in [0.3, 0.4) is 0 Å². The average Bonchev–Trinajstić information content (AvgIpc) is 2.82. The van der Waals surface area contributed by atoms with Gasteiger partial charge in [0.1, 0.15) is 11.8 Å². The van der Waals surface area contributed by atoms with Gasteiger partial charge < -0.3 is 20.1 Å². The molecule has 0 saturated carbocycles. The lowest BCUT2D eigenvalue weighted by Crippen LogP contribution is -2.57. The molecule has 0 bridgehead atoms. The number of benzene rings is 2. The minimum Gasteiger partial charge on any atom is -0.493 e. The van der Waals surface area contributed by atoms with Crippen molar-refractivity contribution >= 4 is 23.5 Å². The van der Waals surface area contributed by atoms with Crippen molar-refractivity contribution in [2.24, 2.45) is 0 Å². The molecule has 1 fully saturated rings. The summed E-state index contributed by atoms with van der Waals surface area (Å²) in [5.41, 5.74) is 1.85. The van der Waals surface area contributed by atoms with Gasteiger partial charge in [-0.3, -0.25) is 19.3 Å². The number of esters is 1. The van der Waals surface area contributed by atoms with Gasteiger partial charge in [-0.25, -0.2) is 0 Å². The molecule has 0 aliphatic carbocycles. The molecule has 1 heterocycles. The highest BCUT2D eigenvalue weighted by Crippen LogP contribution is 2.17. The Morgan fingerprint density at radius 2 is 1.85 bits per heavy atom. The van der Waals surface area contributed by atoms with Crippen LogP contribution in [-0.4, -0.2) is 61.6 Å². The van der Waals surface area contributed by atoms with E-state index in [2.05, 4.69) is 22.8 Å². The molecule has 33 heavy (non-hydrogen) atoms. The molecule has 8 heteroatoms. The summed E-state index contributed by atoms with van der Waals surface area (Å²) in [5, 5.41) is 5.58. The fraction of sp³-hybridized carbons (Fsp3) is 0.400. The molecule has 1 atom stereocenters. The number of hydrogen-bond acceptors (Lipinski definition) is 6. The number of nitrogens with one attached hydrogen (secondary N) is 2. The molecular weight excluding hydrogens is 422 g/mol. The SMILES string of the molecule is CCCOC(=O)CC1C(=O)NCCN1CC(=O)Nc1ccc(OCCc2ccccc2)cc1.